The van der Waals surface area contributed by atoms with Crippen LogP contribution in [0.3, 0.4) is 0 Å². The normalized spacial score (nSPS) is 15.7. The molecule has 6 heteroatoms. The van der Waals surface area contributed by atoms with E-state index in [2.05, 4.69) is 6.07 Å². The average Bonchev–Trinajstić information content (AvgIpc) is 3.28. The van der Waals surface area contributed by atoms with Crippen LogP contribution in [0.15, 0.2) is 66.7 Å². The molecule has 6 nitrogen and oxygen atoms in total. The van der Waals surface area contributed by atoms with Gasteiger partial charge in [0.2, 0.25) is 6.79 Å². The lowest BCUT2D eigenvalue weighted by Gasteiger charge is -2.28. The lowest BCUT2D eigenvalue weighted by atomic mass is 9.91. The summed E-state index contributed by atoms with van der Waals surface area (Å²) in [5.41, 5.74) is 3.59. The van der Waals surface area contributed by atoms with Gasteiger partial charge in [-0.2, -0.15) is 5.26 Å². The topological polar surface area (TPSA) is 79.6 Å². The third-order valence-electron chi connectivity index (χ3n) is 5.30. The molecule has 0 radical (unpaired) electrons. The van der Waals surface area contributed by atoms with Crippen LogP contribution in [0.1, 0.15) is 32.6 Å². The first kappa shape index (κ1) is 18.6. The molecule has 5 rings (SSSR count). The Balaban J connectivity index is 1.54. The van der Waals surface area contributed by atoms with Gasteiger partial charge in [0.1, 0.15) is 0 Å². The number of imide groups is 1. The molecule has 2 amide bonds. The summed E-state index contributed by atoms with van der Waals surface area (Å²) in [5, 5.41) is 9.00. The highest BCUT2D eigenvalue weighted by molar-refractivity contribution is 6.33. The quantitative estimate of drug-likeness (QED) is 0.483. The molecule has 0 unspecified atom stereocenters. The molecule has 3 aromatic rings. The highest BCUT2D eigenvalue weighted by atomic mass is 16.7. The molecule has 0 spiro atoms. The van der Waals surface area contributed by atoms with Crippen molar-refractivity contribution in [3.05, 3.63) is 94.5 Å². The van der Waals surface area contributed by atoms with E-state index in [1.54, 1.807) is 66.7 Å². The van der Waals surface area contributed by atoms with Crippen molar-refractivity contribution in [2.75, 3.05) is 6.79 Å². The maximum absolute atomic E-state index is 13.4. The largest absolute Gasteiger partial charge is 0.454 e. The van der Waals surface area contributed by atoms with E-state index in [9.17, 15) is 9.59 Å². The summed E-state index contributed by atoms with van der Waals surface area (Å²) in [6, 6.07) is 21.5. The fraction of sp³-hybridized carbons (Fsp3) is 0.0800. The van der Waals surface area contributed by atoms with Crippen molar-refractivity contribution in [2.24, 2.45) is 0 Å². The number of carbonyl (C=O) groups is 2. The number of fused-ring (bicyclic) bond motifs is 2. The summed E-state index contributed by atoms with van der Waals surface area (Å²) in [6.07, 6.45) is 1.75. The van der Waals surface area contributed by atoms with Crippen LogP contribution < -0.4 is 9.47 Å². The number of benzene rings is 3. The number of carbonyl (C=O) groups excluding carboxylic acids is 2. The zero-order valence-electron chi connectivity index (χ0n) is 16.4. The van der Waals surface area contributed by atoms with Crippen LogP contribution in [0.2, 0.25) is 0 Å². The van der Waals surface area contributed by atoms with Crippen LogP contribution in [-0.4, -0.2) is 23.5 Å². The van der Waals surface area contributed by atoms with Crippen molar-refractivity contribution in [3.8, 4) is 17.6 Å². The third kappa shape index (κ3) is 3.32. The lowest BCUT2D eigenvalue weighted by Crippen LogP contribution is -2.41. The van der Waals surface area contributed by atoms with E-state index in [1.807, 2.05) is 6.07 Å². The first-order chi connectivity index (χ1) is 15.1. The molecule has 3 aromatic carbocycles. The van der Waals surface area contributed by atoms with E-state index in [1.165, 1.54) is 4.90 Å². The number of nitrogens with zero attached hydrogens (tertiary/aromatic N) is 2. The Kier molecular flexibility index (Phi) is 4.49. The smallest absolute Gasteiger partial charge is 0.261 e. The molecule has 0 atom stereocenters. The maximum atomic E-state index is 13.4. The van der Waals surface area contributed by atoms with Gasteiger partial charge >= 0.3 is 0 Å². The summed E-state index contributed by atoms with van der Waals surface area (Å²) >= 11 is 0. The standard InChI is InChI=1S/C25H16N2O4/c26-13-17-7-5-16(6-8-17)11-21-19-3-1-2-4-20(19)24(28)27(25(21)29)14-18-9-10-22-23(12-18)31-15-30-22/h1-12H,14-15H2/b21-11+. The SMILES string of the molecule is N#Cc1ccc(/C=C2/C(=O)N(Cc3ccc4c(c3)OCO4)C(=O)c3ccccc32)cc1. The first-order valence-electron chi connectivity index (χ1n) is 9.70. The van der Waals surface area contributed by atoms with Crippen LogP contribution in [0.5, 0.6) is 11.5 Å². The molecule has 2 heterocycles. The van der Waals surface area contributed by atoms with Gasteiger partial charge in [-0.1, -0.05) is 36.4 Å². The van der Waals surface area contributed by atoms with Crippen LogP contribution in [0, 0.1) is 11.3 Å². The zero-order chi connectivity index (χ0) is 21.4. The Hall–Kier alpha value is -4.37. The monoisotopic (exact) mass is 408 g/mol. The van der Waals surface area contributed by atoms with E-state index < -0.39 is 0 Å². The molecular weight excluding hydrogens is 392 g/mol. The highest BCUT2D eigenvalue weighted by Crippen LogP contribution is 2.35. The predicted octanol–water partition coefficient (Wildman–Crippen LogP) is 4.01. The van der Waals surface area contributed by atoms with Gasteiger partial charge in [0.25, 0.3) is 11.8 Å². The van der Waals surface area contributed by atoms with Crippen molar-refractivity contribution < 1.29 is 19.1 Å². The van der Waals surface area contributed by atoms with Crippen molar-refractivity contribution in [1.82, 2.24) is 4.90 Å². The van der Waals surface area contributed by atoms with Crippen LogP contribution in [-0.2, 0) is 11.3 Å². The molecular formula is C25H16N2O4. The first-order valence-corrected chi connectivity index (χ1v) is 9.70. The Morgan fingerprint density at radius 1 is 0.903 bits per heavy atom. The van der Waals surface area contributed by atoms with Crippen molar-refractivity contribution >= 4 is 23.5 Å². The van der Waals surface area contributed by atoms with Gasteiger partial charge < -0.3 is 9.47 Å². The lowest BCUT2D eigenvalue weighted by molar-refractivity contribution is -0.123. The molecule has 0 bridgehead atoms. The summed E-state index contributed by atoms with van der Waals surface area (Å²) in [5.74, 6) is 0.538. The average molecular weight is 408 g/mol. The zero-order valence-corrected chi connectivity index (χ0v) is 16.4. The molecule has 31 heavy (non-hydrogen) atoms. The molecule has 0 saturated heterocycles. The molecule has 0 saturated carbocycles. The minimum atomic E-state index is -0.370. The predicted molar refractivity (Wildman–Crippen MR) is 113 cm³/mol. The molecule has 2 aliphatic heterocycles. The molecule has 0 N–H and O–H groups in total. The fourth-order valence-corrected chi connectivity index (χ4v) is 3.73. The van der Waals surface area contributed by atoms with Gasteiger partial charge in [0.05, 0.1) is 18.2 Å². The minimum absolute atomic E-state index is 0.118. The van der Waals surface area contributed by atoms with Gasteiger partial charge in [-0.3, -0.25) is 14.5 Å². The number of rotatable bonds is 3. The Bertz CT molecular complexity index is 1290. The van der Waals surface area contributed by atoms with Crippen LogP contribution in [0.25, 0.3) is 11.6 Å². The fourth-order valence-electron chi connectivity index (χ4n) is 3.73. The summed E-state index contributed by atoms with van der Waals surface area (Å²) < 4.78 is 10.7. The Morgan fingerprint density at radius 3 is 2.42 bits per heavy atom. The molecule has 0 fully saturated rings. The van der Waals surface area contributed by atoms with Crippen LogP contribution in [0.4, 0.5) is 0 Å². The number of nitriles is 1. The number of hydrogen-bond donors (Lipinski definition) is 0. The summed E-state index contributed by atoms with van der Waals surface area (Å²) in [4.78, 5) is 27.8. The van der Waals surface area contributed by atoms with Gasteiger partial charge in [-0.15, -0.1) is 0 Å². The van der Waals surface area contributed by atoms with Gasteiger partial charge in [-0.25, -0.2) is 0 Å². The number of ether oxygens (including phenoxy) is 2. The van der Waals surface area contributed by atoms with Crippen molar-refractivity contribution in [2.45, 2.75) is 6.54 Å². The van der Waals surface area contributed by atoms with E-state index in [0.717, 1.165) is 11.1 Å². The van der Waals surface area contributed by atoms with Gasteiger partial charge in [-0.05, 0) is 53.1 Å². The van der Waals surface area contributed by atoms with Crippen molar-refractivity contribution in [3.63, 3.8) is 0 Å². The summed E-state index contributed by atoms with van der Waals surface area (Å²) in [6.45, 7) is 0.276. The second-order valence-corrected chi connectivity index (χ2v) is 7.22. The van der Waals surface area contributed by atoms with E-state index in [-0.39, 0.29) is 25.2 Å². The molecule has 0 aliphatic carbocycles. The third-order valence-corrected chi connectivity index (χ3v) is 5.30. The second-order valence-electron chi connectivity index (χ2n) is 7.22. The molecule has 2 aliphatic rings. The molecule has 150 valence electrons. The van der Waals surface area contributed by atoms with E-state index in [4.69, 9.17) is 14.7 Å². The number of amides is 2. The molecule has 0 aromatic heterocycles. The second kappa shape index (κ2) is 7.47. The maximum Gasteiger partial charge on any atom is 0.261 e. The number of hydrogen-bond acceptors (Lipinski definition) is 5. The summed E-state index contributed by atoms with van der Waals surface area (Å²) in [7, 11) is 0. The minimum Gasteiger partial charge on any atom is -0.454 e. The van der Waals surface area contributed by atoms with Crippen molar-refractivity contribution in [1.29, 1.82) is 5.26 Å². The van der Waals surface area contributed by atoms with E-state index in [0.29, 0.717) is 33.8 Å². The Labute approximate surface area is 178 Å². The Morgan fingerprint density at radius 2 is 1.65 bits per heavy atom. The van der Waals surface area contributed by atoms with E-state index >= 15 is 0 Å². The van der Waals surface area contributed by atoms with Gasteiger partial charge in [0.15, 0.2) is 11.5 Å². The van der Waals surface area contributed by atoms with Gasteiger partial charge in [0, 0.05) is 11.1 Å². The van der Waals surface area contributed by atoms with Crippen LogP contribution >= 0.6 is 0 Å². The highest BCUT2D eigenvalue weighted by Gasteiger charge is 2.34.